The molecular weight excluding hydrogens is 512 g/mol. The van der Waals surface area contributed by atoms with Crippen molar-refractivity contribution < 1.29 is 19.4 Å². The van der Waals surface area contributed by atoms with Crippen LogP contribution in [0.5, 0.6) is 0 Å². The summed E-state index contributed by atoms with van der Waals surface area (Å²) in [4.78, 5) is 30.1. The smallest absolute Gasteiger partial charge is 0.315 e. The number of carboxylic acids is 1. The van der Waals surface area contributed by atoms with Crippen molar-refractivity contribution in [2.75, 3.05) is 32.7 Å². The third kappa shape index (κ3) is 4.35. The molecule has 0 spiro atoms. The van der Waals surface area contributed by atoms with E-state index in [1.165, 1.54) is 12.7 Å². The lowest BCUT2D eigenvalue weighted by Gasteiger charge is -2.60. The number of nitrogens with one attached hydrogen (secondary N) is 1. The van der Waals surface area contributed by atoms with Gasteiger partial charge in [-0.25, -0.2) is 0 Å². The lowest BCUT2D eigenvalue weighted by molar-refractivity contribution is -0.197. The van der Waals surface area contributed by atoms with E-state index in [1.54, 1.807) is 0 Å². The van der Waals surface area contributed by atoms with Crippen LogP contribution in [0.1, 0.15) is 99.3 Å². The van der Waals surface area contributed by atoms with Gasteiger partial charge in [0.25, 0.3) is 0 Å². The maximum atomic E-state index is 14.1. The molecule has 6 nitrogen and oxygen atoms in total. The number of fused-ring (bicyclic) bond motifs is 2. The highest BCUT2D eigenvalue weighted by molar-refractivity contribution is 5.90. The SMILES string of the molecule is CCCCC1CC(C23C[C@@H]4[C@H](C)CC[C@H]4C4(C=O)CC2C=C(C(C)CC)C34C(=O)O)OC1CN(CC)CCNCC. The number of likely N-dealkylation sites (N-methyl/N-ethyl adjacent to an activating group) is 2. The molecule has 0 amide bonds. The molecule has 1 heterocycles. The van der Waals surface area contributed by atoms with Crippen molar-refractivity contribution in [1.29, 1.82) is 0 Å². The van der Waals surface area contributed by atoms with Crippen molar-refractivity contribution in [3.8, 4) is 0 Å². The van der Waals surface area contributed by atoms with Crippen LogP contribution in [0.25, 0.3) is 0 Å². The molecule has 5 rings (SSSR count). The van der Waals surface area contributed by atoms with Crippen molar-refractivity contribution in [2.24, 2.45) is 51.8 Å². The van der Waals surface area contributed by atoms with Gasteiger partial charge in [-0.05, 0) is 87.1 Å². The number of hydrogen-bond donors (Lipinski definition) is 2. The highest BCUT2D eigenvalue weighted by atomic mass is 16.5. The molecule has 1 aliphatic heterocycles. The van der Waals surface area contributed by atoms with E-state index in [1.807, 2.05) is 0 Å². The summed E-state index contributed by atoms with van der Waals surface area (Å²) in [6.07, 6.45) is 12.5. The topological polar surface area (TPSA) is 78.9 Å². The summed E-state index contributed by atoms with van der Waals surface area (Å²) >= 11 is 0. The fourth-order valence-electron chi connectivity index (χ4n) is 11.1. The number of aldehydes is 1. The number of carboxylic acid groups (broad SMARTS) is 1. The fraction of sp³-hybridized carbons (Fsp3) is 0.886. The largest absolute Gasteiger partial charge is 0.481 e. The van der Waals surface area contributed by atoms with Crippen molar-refractivity contribution in [3.05, 3.63) is 11.6 Å². The van der Waals surface area contributed by atoms with Gasteiger partial charge in [0.1, 0.15) is 11.7 Å². The highest BCUT2D eigenvalue weighted by Gasteiger charge is 2.86. The Morgan fingerprint density at radius 2 is 2.02 bits per heavy atom. The maximum Gasteiger partial charge on any atom is 0.315 e. The molecule has 8 unspecified atom stereocenters. The number of aliphatic carboxylic acids is 1. The number of rotatable bonds is 15. The zero-order chi connectivity index (χ0) is 29.6. The molecule has 0 radical (unpaired) electrons. The summed E-state index contributed by atoms with van der Waals surface area (Å²) in [5, 5.41) is 15.0. The quantitative estimate of drug-likeness (QED) is 0.139. The first-order valence-corrected chi connectivity index (χ1v) is 17.2. The Morgan fingerprint density at radius 3 is 2.66 bits per heavy atom. The first kappa shape index (κ1) is 31.2. The minimum Gasteiger partial charge on any atom is -0.481 e. The first-order valence-electron chi connectivity index (χ1n) is 17.2. The minimum absolute atomic E-state index is 0.109. The highest BCUT2D eigenvalue weighted by Crippen LogP contribution is 2.84. The second-order valence-electron chi connectivity index (χ2n) is 14.6. The third-order valence-electron chi connectivity index (χ3n) is 13.1. The van der Waals surface area contributed by atoms with Crippen LogP contribution >= 0.6 is 0 Å². The van der Waals surface area contributed by atoms with Crippen LogP contribution in [0.15, 0.2) is 11.6 Å². The molecule has 0 aromatic carbocycles. The van der Waals surface area contributed by atoms with E-state index in [9.17, 15) is 14.7 Å². The molecule has 232 valence electrons. The Kier molecular flexibility index (Phi) is 9.16. The number of unbranched alkanes of at least 4 members (excludes halogenated alkanes) is 1. The normalized spacial score (nSPS) is 43.4. The summed E-state index contributed by atoms with van der Waals surface area (Å²) in [6, 6.07) is 0. The van der Waals surface area contributed by atoms with Crippen molar-refractivity contribution in [2.45, 2.75) is 112 Å². The Labute approximate surface area is 249 Å². The molecule has 2 N–H and O–H groups in total. The lowest BCUT2D eigenvalue weighted by atomic mass is 9.41. The molecule has 4 aliphatic carbocycles. The summed E-state index contributed by atoms with van der Waals surface area (Å²) in [5.41, 5.74) is -1.42. The molecule has 4 fully saturated rings. The zero-order valence-electron chi connectivity index (χ0n) is 26.8. The van der Waals surface area contributed by atoms with Crippen LogP contribution in [-0.2, 0) is 14.3 Å². The zero-order valence-corrected chi connectivity index (χ0v) is 26.8. The molecule has 1 saturated heterocycles. The number of hydrogen-bond acceptors (Lipinski definition) is 5. The molecule has 0 aromatic rings. The Hall–Kier alpha value is -1.24. The molecule has 5 aliphatic rings. The van der Waals surface area contributed by atoms with Gasteiger partial charge in [-0.3, -0.25) is 9.69 Å². The summed E-state index contributed by atoms with van der Waals surface area (Å²) in [7, 11) is 0. The average molecular weight is 571 g/mol. The number of nitrogens with zero attached hydrogens (tertiary/aromatic N) is 1. The van der Waals surface area contributed by atoms with E-state index in [4.69, 9.17) is 4.74 Å². The molecule has 4 bridgehead atoms. The van der Waals surface area contributed by atoms with Gasteiger partial charge in [0.05, 0.1) is 17.6 Å². The van der Waals surface area contributed by atoms with Gasteiger partial charge < -0.3 is 20.0 Å². The fourth-order valence-corrected chi connectivity index (χ4v) is 11.1. The number of ether oxygens (including phenoxy) is 1. The predicted molar refractivity (Wildman–Crippen MR) is 164 cm³/mol. The molecule has 3 saturated carbocycles. The molecule has 11 atom stereocenters. The second kappa shape index (κ2) is 12.0. The van der Waals surface area contributed by atoms with Gasteiger partial charge in [-0.2, -0.15) is 0 Å². The van der Waals surface area contributed by atoms with E-state index in [2.05, 4.69) is 57.8 Å². The van der Waals surface area contributed by atoms with E-state index in [0.29, 0.717) is 24.2 Å². The van der Waals surface area contributed by atoms with Crippen LogP contribution in [-0.4, -0.2) is 67.2 Å². The molecular formula is C35H58N2O4. The standard InChI is InChI=1S/C35H58N2O4/c1-7-11-12-25-17-31(41-30(25)21-37(10-4)16-15-36-9-3)34-20-27-24(6)13-14-28(27)33(22-38)19-26(34)18-29(23(5)8-2)35(33,34)32(39)40/h18,22-28,30-31,36H,7-17,19-21H2,1-6H3,(H,39,40)/t23?,24-,25?,26?,27-,28-,30?,31?,33?,34?,35?/m1/s1. The summed E-state index contributed by atoms with van der Waals surface area (Å²) in [6.45, 7) is 18.2. The van der Waals surface area contributed by atoms with Gasteiger partial charge in [-0.15, -0.1) is 0 Å². The monoisotopic (exact) mass is 570 g/mol. The first-order chi connectivity index (χ1) is 19.7. The van der Waals surface area contributed by atoms with Gasteiger partial charge in [0, 0.05) is 25.0 Å². The van der Waals surface area contributed by atoms with E-state index in [-0.39, 0.29) is 30.0 Å². The predicted octanol–water partition coefficient (Wildman–Crippen LogP) is 6.20. The molecule has 0 aromatic heterocycles. The summed E-state index contributed by atoms with van der Waals surface area (Å²) in [5.74, 6) is 1.07. The average Bonchev–Trinajstić information content (AvgIpc) is 3.68. The Bertz CT molecular complexity index is 999. The lowest BCUT2D eigenvalue weighted by Crippen LogP contribution is -2.65. The molecule has 41 heavy (non-hydrogen) atoms. The van der Waals surface area contributed by atoms with Crippen LogP contribution in [0, 0.1) is 51.8 Å². The van der Waals surface area contributed by atoms with E-state index in [0.717, 1.165) is 83.2 Å². The van der Waals surface area contributed by atoms with Crippen LogP contribution in [0.2, 0.25) is 0 Å². The Morgan fingerprint density at radius 1 is 1.24 bits per heavy atom. The van der Waals surface area contributed by atoms with Gasteiger partial charge >= 0.3 is 5.97 Å². The van der Waals surface area contributed by atoms with Crippen LogP contribution in [0.4, 0.5) is 0 Å². The van der Waals surface area contributed by atoms with E-state index >= 15 is 0 Å². The van der Waals surface area contributed by atoms with Crippen LogP contribution < -0.4 is 5.32 Å². The van der Waals surface area contributed by atoms with Crippen molar-refractivity contribution in [3.63, 3.8) is 0 Å². The van der Waals surface area contributed by atoms with Gasteiger partial charge in [-0.1, -0.05) is 72.5 Å². The number of allylic oxidation sites excluding steroid dienone is 1. The minimum atomic E-state index is -1.14. The van der Waals surface area contributed by atoms with E-state index < -0.39 is 22.2 Å². The molecule has 6 heteroatoms. The maximum absolute atomic E-state index is 14.1. The number of carbonyl (C=O) groups excluding carboxylic acids is 1. The number of carbonyl (C=O) groups is 2. The van der Waals surface area contributed by atoms with Crippen LogP contribution in [0.3, 0.4) is 0 Å². The summed E-state index contributed by atoms with van der Waals surface area (Å²) < 4.78 is 7.29. The van der Waals surface area contributed by atoms with Crippen molar-refractivity contribution in [1.82, 2.24) is 10.2 Å². The third-order valence-corrected chi connectivity index (χ3v) is 13.1. The van der Waals surface area contributed by atoms with Gasteiger partial charge in [0.2, 0.25) is 0 Å². The van der Waals surface area contributed by atoms with Gasteiger partial charge in [0.15, 0.2) is 0 Å². The van der Waals surface area contributed by atoms with Crippen molar-refractivity contribution >= 4 is 12.3 Å². The second-order valence-corrected chi connectivity index (χ2v) is 14.6. The Balaban J connectivity index is 1.58.